The summed E-state index contributed by atoms with van der Waals surface area (Å²) in [5.41, 5.74) is 8.75. The lowest BCUT2D eigenvalue weighted by Crippen LogP contribution is -2.09. The van der Waals surface area contributed by atoms with E-state index in [1.807, 2.05) is 36.7 Å². The lowest BCUT2D eigenvalue weighted by Gasteiger charge is -2.26. The van der Waals surface area contributed by atoms with Gasteiger partial charge in [0.15, 0.2) is 0 Å². The van der Waals surface area contributed by atoms with Crippen molar-refractivity contribution in [1.29, 1.82) is 0 Å². The molecule has 202 valence electrons. The van der Waals surface area contributed by atoms with Crippen LogP contribution in [0.25, 0.3) is 65.8 Å². The van der Waals surface area contributed by atoms with E-state index in [1.165, 1.54) is 21.9 Å². The van der Waals surface area contributed by atoms with Gasteiger partial charge in [0.2, 0.25) is 0 Å². The van der Waals surface area contributed by atoms with Gasteiger partial charge in [0.05, 0.1) is 0 Å². The minimum absolute atomic E-state index is 0.826. The van der Waals surface area contributed by atoms with E-state index in [2.05, 4.69) is 106 Å². The Labute approximate surface area is 246 Å². The number of hydrogen-bond acceptors (Lipinski definition) is 5. The molecular weight excluding hydrogens is 530 g/mol. The molecule has 0 aliphatic heterocycles. The Kier molecular flexibility index (Phi) is 5.13. The second-order valence-corrected chi connectivity index (χ2v) is 10.8. The van der Waals surface area contributed by atoms with E-state index in [1.54, 1.807) is 12.4 Å². The molecule has 0 radical (unpaired) electrons. The topological polar surface area (TPSA) is 55.3 Å². The Morgan fingerprint density at radius 3 is 1.58 bits per heavy atom. The number of hydrogen-bond donors (Lipinski definition) is 0. The Bertz CT molecular complexity index is 2360. The fraction of sp³-hybridized carbons (Fsp3) is 0. The molecule has 5 heteroatoms. The van der Waals surface area contributed by atoms with Crippen LogP contribution in [0.4, 0.5) is 17.1 Å². The fourth-order valence-electron chi connectivity index (χ4n) is 6.11. The molecular formula is C38H23N3O2. The highest BCUT2D eigenvalue weighted by atomic mass is 16.3. The van der Waals surface area contributed by atoms with Crippen molar-refractivity contribution in [3.63, 3.8) is 0 Å². The van der Waals surface area contributed by atoms with Crippen LogP contribution in [0.15, 0.2) is 149 Å². The Morgan fingerprint density at radius 1 is 0.419 bits per heavy atom. The summed E-state index contributed by atoms with van der Waals surface area (Å²) in [7, 11) is 0. The highest BCUT2D eigenvalue weighted by molar-refractivity contribution is 6.08. The van der Waals surface area contributed by atoms with Crippen LogP contribution in [0.1, 0.15) is 0 Å². The molecule has 4 aromatic heterocycles. The number of nitrogens with zero attached hydrogens (tertiary/aromatic N) is 3. The van der Waals surface area contributed by atoms with Crippen LogP contribution < -0.4 is 4.90 Å². The lowest BCUT2D eigenvalue weighted by atomic mass is 10.0. The van der Waals surface area contributed by atoms with Gasteiger partial charge in [0, 0.05) is 63.4 Å². The summed E-state index contributed by atoms with van der Waals surface area (Å²) in [6.07, 6.45) is 7.25. The van der Waals surface area contributed by atoms with Gasteiger partial charge in [-0.15, -0.1) is 0 Å². The van der Waals surface area contributed by atoms with E-state index in [4.69, 9.17) is 8.83 Å². The van der Waals surface area contributed by atoms with Crippen LogP contribution in [-0.4, -0.2) is 9.97 Å². The average molecular weight is 554 g/mol. The molecule has 9 rings (SSSR count). The normalized spacial score (nSPS) is 11.7. The van der Waals surface area contributed by atoms with Crippen molar-refractivity contribution in [3.05, 3.63) is 140 Å². The van der Waals surface area contributed by atoms with Gasteiger partial charge in [-0.2, -0.15) is 0 Å². The van der Waals surface area contributed by atoms with Crippen molar-refractivity contribution >= 4 is 71.7 Å². The predicted octanol–water partition coefficient (Wildman–Crippen LogP) is 10.6. The molecule has 0 amide bonds. The maximum atomic E-state index is 6.11. The van der Waals surface area contributed by atoms with Crippen molar-refractivity contribution in [3.8, 4) is 11.1 Å². The summed E-state index contributed by atoms with van der Waals surface area (Å²) in [6, 6.07) is 40.3. The van der Waals surface area contributed by atoms with Crippen molar-refractivity contribution < 1.29 is 8.83 Å². The van der Waals surface area contributed by atoms with E-state index in [0.717, 1.165) is 60.9 Å². The number of anilines is 3. The Morgan fingerprint density at radius 2 is 0.953 bits per heavy atom. The first-order valence-electron chi connectivity index (χ1n) is 14.2. The monoisotopic (exact) mass is 553 g/mol. The molecule has 0 atom stereocenters. The van der Waals surface area contributed by atoms with Crippen molar-refractivity contribution in [2.75, 3.05) is 4.90 Å². The van der Waals surface area contributed by atoms with Crippen molar-refractivity contribution in [2.24, 2.45) is 0 Å². The zero-order valence-electron chi connectivity index (χ0n) is 22.9. The van der Waals surface area contributed by atoms with Crippen LogP contribution in [0, 0.1) is 0 Å². The third-order valence-corrected chi connectivity index (χ3v) is 8.23. The summed E-state index contributed by atoms with van der Waals surface area (Å²) >= 11 is 0. The molecule has 9 aromatic rings. The molecule has 0 spiro atoms. The summed E-state index contributed by atoms with van der Waals surface area (Å²) in [4.78, 5) is 11.0. The standard InChI is InChI=1S/C38H23N3O2/c1-2-4-26-19-27(6-5-24(26)3-1)25-7-9-28(10-8-25)41(29-11-13-35-31(20-29)33-22-39-17-15-37(33)42-35)30-12-14-36-32(21-30)34-23-40-18-16-38(34)43-36/h1-23H. The van der Waals surface area contributed by atoms with Crippen LogP contribution >= 0.6 is 0 Å². The van der Waals surface area contributed by atoms with Crippen LogP contribution in [-0.2, 0) is 0 Å². The highest BCUT2D eigenvalue weighted by Crippen LogP contribution is 2.41. The van der Waals surface area contributed by atoms with Gasteiger partial charge >= 0.3 is 0 Å². The molecule has 5 nitrogen and oxygen atoms in total. The maximum Gasteiger partial charge on any atom is 0.138 e. The van der Waals surface area contributed by atoms with Crippen molar-refractivity contribution in [1.82, 2.24) is 9.97 Å². The van der Waals surface area contributed by atoms with Crippen LogP contribution in [0.5, 0.6) is 0 Å². The van der Waals surface area contributed by atoms with Gasteiger partial charge in [-0.1, -0.05) is 48.5 Å². The third-order valence-electron chi connectivity index (χ3n) is 8.23. The molecule has 0 fully saturated rings. The van der Waals surface area contributed by atoms with Gasteiger partial charge in [-0.05, 0) is 88.6 Å². The largest absolute Gasteiger partial charge is 0.456 e. The number of aromatic nitrogens is 2. The summed E-state index contributed by atoms with van der Waals surface area (Å²) in [5, 5.41) is 6.51. The highest BCUT2D eigenvalue weighted by Gasteiger charge is 2.18. The van der Waals surface area contributed by atoms with Gasteiger partial charge in [-0.25, -0.2) is 0 Å². The van der Waals surface area contributed by atoms with Crippen LogP contribution in [0.3, 0.4) is 0 Å². The molecule has 0 saturated carbocycles. The summed E-state index contributed by atoms with van der Waals surface area (Å²) in [6.45, 7) is 0. The predicted molar refractivity (Wildman–Crippen MR) is 174 cm³/mol. The summed E-state index contributed by atoms with van der Waals surface area (Å²) in [5.74, 6) is 0. The molecule has 43 heavy (non-hydrogen) atoms. The van der Waals surface area contributed by atoms with E-state index in [9.17, 15) is 0 Å². The third kappa shape index (κ3) is 3.86. The quantitative estimate of drug-likeness (QED) is 0.217. The molecule has 0 aliphatic rings. The molecule has 0 N–H and O–H groups in total. The van der Waals surface area contributed by atoms with Gasteiger partial charge < -0.3 is 13.7 Å². The number of pyridine rings is 2. The number of furan rings is 2. The average Bonchev–Trinajstić information content (AvgIpc) is 3.63. The van der Waals surface area contributed by atoms with Gasteiger partial charge in [0.25, 0.3) is 0 Å². The molecule has 0 bridgehead atoms. The number of fused-ring (bicyclic) bond motifs is 7. The first-order valence-corrected chi connectivity index (χ1v) is 14.2. The van der Waals surface area contributed by atoms with Crippen LogP contribution in [0.2, 0.25) is 0 Å². The first-order chi connectivity index (χ1) is 21.3. The second kappa shape index (κ2) is 9.29. The minimum Gasteiger partial charge on any atom is -0.456 e. The van der Waals surface area contributed by atoms with E-state index in [0.29, 0.717) is 0 Å². The molecule has 0 saturated heterocycles. The minimum atomic E-state index is 0.826. The summed E-state index contributed by atoms with van der Waals surface area (Å²) < 4.78 is 12.2. The molecule has 0 unspecified atom stereocenters. The molecule has 4 heterocycles. The van der Waals surface area contributed by atoms with E-state index >= 15 is 0 Å². The zero-order valence-corrected chi connectivity index (χ0v) is 22.9. The molecule has 0 aliphatic carbocycles. The van der Waals surface area contributed by atoms with Gasteiger partial charge in [0.1, 0.15) is 22.3 Å². The first kappa shape index (κ1) is 23.7. The second-order valence-electron chi connectivity index (χ2n) is 10.8. The Hall–Kier alpha value is -5.94. The van der Waals surface area contributed by atoms with E-state index < -0.39 is 0 Å². The zero-order chi connectivity index (χ0) is 28.3. The van der Waals surface area contributed by atoms with Crippen molar-refractivity contribution in [2.45, 2.75) is 0 Å². The maximum absolute atomic E-state index is 6.11. The SMILES string of the molecule is c1ccc2cc(-c3ccc(N(c4ccc5oc6ccncc6c5c4)c4ccc5oc6ccncc6c5c4)cc3)ccc2c1. The van der Waals surface area contributed by atoms with E-state index in [-0.39, 0.29) is 0 Å². The molecule has 5 aromatic carbocycles. The number of benzene rings is 5. The Balaban J connectivity index is 1.22. The number of rotatable bonds is 4. The fourth-order valence-corrected chi connectivity index (χ4v) is 6.11. The smallest absolute Gasteiger partial charge is 0.138 e. The lowest BCUT2D eigenvalue weighted by molar-refractivity contribution is 0.668. The van der Waals surface area contributed by atoms with Gasteiger partial charge in [-0.3, -0.25) is 9.97 Å².